The molecule has 8 nitrogen and oxygen atoms in total. The van der Waals surface area contributed by atoms with Crippen LogP contribution < -0.4 is 5.84 Å². The van der Waals surface area contributed by atoms with E-state index in [0.717, 1.165) is 22.5 Å². The van der Waals surface area contributed by atoms with Gasteiger partial charge in [0.2, 0.25) is 11.0 Å². The quantitative estimate of drug-likeness (QED) is 0.407. The first kappa shape index (κ1) is 18.0. The van der Waals surface area contributed by atoms with Gasteiger partial charge in [0.1, 0.15) is 10.7 Å². The minimum atomic E-state index is -4.64. The summed E-state index contributed by atoms with van der Waals surface area (Å²) in [7, 11) is 0. The summed E-state index contributed by atoms with van der Waals surface area (Å²) in [6.07, 6.45) is -0.316. The molecule has 0 aliphatic carbocycles. The van der Waals surface area contributed by atoms with Crippen LogP contribution in [0.3, 0.4) is 0 Å². The summed E-state index contributed by atoms with van der Waals surface area (Å²) in [5.41, 5.74) is -0.681. The van der Waals surface area contributed by atoms with Gasteiger partial charge in [0, 0.05) is 24.0 Å². The zero-order valence-electron chi connectivity index (χ0n) is 13.8. The molecule has 4 heterocycles. The number of nitrogens with two attached hydrogens (primary N) is 1. The third kappa shape index (κ3) is 3.53. The third-order valence-electron chi connectivity index (χ3n) is 3.53. The number of rotatable bonds is 4. The van der Waals surface area contributed by atoms with Gasteiger partial charge >= 0.3 is 6.18 Å². The summed E-state index contributed by atoms with van der Waals surface area (Å²) in [5.74, 6) is 6.47. The van der Waals surface area contributed by atoms with E-state index in [1.54, 1.807) is 12.1 Å². The van der Waals surface area contributed by atoms with Crippen molar-refractivity contribution in [3.63, 3.8) is 0 Å². The lowest BCUT2D eigenvalue weighted by atomic mass is 10.2. The topological polar surface area (TPSA) is 109 Å². The van der Waals surface area contributed by atoms with E-state index in [0.29, 0.717) is 11.3 Å². The van der Waals surface area contributed by atoms with Crippen LogP contribution in [-0.2, 0) is 6.18 Å². The van der Waals surface area contributed by atoms with Crippen LogP contribution >= 0.6 is 11.8 Å². The monoisotopic (exact) mass is 405 g/mol. The van der Waals surface area contributed by atoms with Crippen LogP contribution in [0, 0.1) is 0 Å². The number of halogens is 3. The van der Waals surface area contributed by atoms with E-state index in [1.807, 2.05) is 0 Å². The molecule has 28 heavy (non-hydrogen) atoms. The lowest BCUT2D eigenvalue weighted by Crippen LogP contribution is -2.12. The number of alkyl halides is 3. The second-order valence-corrected chi connectivity index (χ2v) is 6.39. The highest BCUT2D eigenvalue weighted by molar-refractivity contribution is 7.99. The van der Waals surface area contributed by atoms with Crippen LogP contribution in [0.5, 0.6) is 0 Å². The molecular formula is C16H10F3N7OS. The lowest BCUT2D eigenvalue weighted by Gasteiger charge is -2.10. The van der Waals surface area contributed by atoms with Gasteiger partial charge in [-0.2, -0.15) is 13.2 Å². The van der Waals surface area contributed by atoms with E-state index in [9.17, 15) is 13.2 Å². The molecule has 2 N–H and O–H groups in total. The molecule has 142 valence electrons. The highest BCUT2D eigenvalue weighted by atomic mass is 32.2. The molecular weight excluding hydrogens is 395 g/mol. The van der Waals surface area contributed by atoms with Gasteiger partial charge in [-0.1, -0.05) is 0 Å². The molecule has 0 atom stereocenters. The number of aromatic nitrogens is 6. The molecule has 0 radical (unpaired) electrons. The molecule has 4 aromatic rings. The molecule has 0 aliphatic rings. The van der Waals surface area contributed by atoms with Gasteiger partial charge in [-0.3, -0.25) is 4.98 Å². The average Bonchev–Trinajstić information content (AvgIpc) is 3.32. The van der Waals surface area contributed by atoms with E-state index in [2.05, 4.69) is 25.1 Å². The Kier molecular flexibility index (Phi) is 4.47. The van der Waals surface area contributed by atoms with Crippen molar-refractivity contribution in [3.8, 4) is 23.0 Å². The maximum absolute atomic E-state index is 13.3. The third-order valence-corrected chi connectivity index (χ3v) is 4.41. The van der Waals surface area contributed by atoms with Crippen molar-refractivity contribution >= 4 is 11.8 Å². The van der Waals surface area contributed by atoms with Crippen LogP contribution in [0.2, 0.25) is 0 Å². The normalized spacial score (nSPS) is 11.7. The number of hydrogen-bond donors (Lipinski definition) is 1. The minimum absolute atomic E-state index is 0.0132. The summed E-state index contributed by atoms with van der Waals surface area (Å²) in [4.78, 5) is 11.6. The summed E-state index contributed by atoms with van der Waals surface area (Å²) in [6, 6.07) is 7.15. The molecule has 0 aromatic carbocycles. The summed E-state index contributed by atoms with van der Waals surface area (Å²) in [6.45, 7) is 0. The van der Waals surface area contributed by atoms with Crippen molar-refractivity contribution in [3.05, 3.63) is 54.7 Å². The Morgan fingerprint density at radius 2 is 1.86 bits per heavy atom. The van der Waals surface area contributed by atoms with Crippen molar-refractivity contribution < 1.29 is 17.6 Å². The summed E-state index contributed by atoms with van der Waals surface area (Å²) < 4.78 is 46.2. The van der Waals surface area contributed by atoms with Crippen LogP contribution in [0.4, 0.5) is 13.2 Å². The zero-order chi connectivity index (χ0) is 19.7. The molecule has 0 unspecified atom stereocenters. The smallest absolute Gasteiger partial charge is 0.433 e. The summed E-state index contributed by atoms with van der Waals surface area (Å²) in [5, 5.41) is 7.96. The van der Waals surface area contributed by atoms with Gasteiger partial charge in [-0.15, -0.1) is 10.2 Å². The van der Waals surface area contributed by atoms with Gasteiger partial charge < -0.3 is 10.3 Å². The second-order valence-electron chi connectivity index (χ2n) is 5.40. The molecule has 0 bridgehead atoms. The lowest BCUT2D eigenvalue weighted by molar-refractivity contribution is -0.141. The Labute approximate surface area is 159 Å². The first-order valence-electron chi connectivity index (χ1n) is 7.71. The Hall–Kier alpha value is -3.41. The minimum Gasteiger partial charge on any atom is -0.461 e. The fourth-order valence-electron chi connectivity index (χ4n) is 2.27. The Morgan fingerprint density at radius 3 is 2.54 bits per heavy atom. The second kappa shape index (κ2) is 6.96. The number of pyridine rings is 1. The molecule has 4 rings (SSSR count). The maximum Gasteiger partial charge on any atom is 0.433 e. The van der Waals surface area contributed by atoms with Crippen LogP contribution in [0.15, 0.2) is 63.6 Å². The van der Waals surface area contributed by atoms with Gasteiger partial charge in [-0.05, 0) is 36.0 Å². The van der Waals surface area contributed by atoms with E-state index < -0.39 is 11.9 Å². The molecule has 12 heteroatoms. The Morgan fingerprint density at radius 1 is 1.07 bits per heavy atom. The zero-order valence-corrected chi connectivity index (χ0v) is 14.6. The standard InChI is InChI=1S/C16H10F3N7OS/c17-16(18,19)11-8-12(23-13(22-11)9-3-5-21-6-4-9)28-15-25-24-14(26(15)20)10-2-1-7-27-10/h1-8H,20H2. The molecule has 0 fully saturated rings. The van der Waals surface area contributed by atoms with Crippen LogP contribution in [0.1, 0.15) is 5.69 Å². The summed E-state index contributed by atoms with van der Waals surface area (Å²) >= 11 is 0.827. The van der Waals surface area contributed by atoms with Crippen molar-refractivity contribution in [2.24, 2.45) is 0 Å². The number of nitrogens with zero attached hydrogens (tertiary/aromatic N) is 6. The Bertz CT molecular complexity index is 1100. The van der Waals surface area contributed by atoms with E-state index in [4.69, 9.17) is 10.3 Å². The van der Waals surface area contributed by atoms with Crippen LogP contribution in [-0.4, -0.2) is 29.8 Å². The first-order valence-corrected chi connectivity index (χ1v) is 8.52. The fraction of sp³-hybridized carbons (Fsp3) is 0.0625. The SMILES string of the molecule is Nn1c(Sc2cc(C(F)(F)F)nc(-c3ccncc3)n2)nnc1-c1ccco1. The van der Waals surface area contributed by atoms with Crippen molar-refractivity contribution in [2.75, 3.05) is 5.84 Å². The number of nitrogen functional groups attached to an aromatic ring is 1. The predicted octanol–water partition coefficient (Wildman–Crippen LogP) is 3.27. The fourth-order valence-corrected chi connectivity index (χ4v) is 3.02. The van der Waals surface area contributed by atoms with Crippen molar-refractivity contribution in [2.45, 2.75) is 16.4 Å². The molecule has 0 saturated heterocycles. The number of hydrogen-bond acceptors (Lipinski definition) is 8. The molecule has 0 aliphatic heterocycles. The van der Waals surface area contributed by atoms with Gasteiger partial charge in [-0.25, -0.2) is 14.6 Å². The van der Waals surface area contributed by atoms with Gasteiger partial charge in [0.15, 0.2) is 11.6 Å². The van der Waals surface area contributed by atoms with E-state index >= 15 is 0 Å². The van der Waals surface area contributed by atoms with Gasteiger partial charge in [0.05, 0.1) is 6.26 Å². The van der Waals surface area contributed by atoms with Crippen LogP contribution in [0.25, 0.3) is 23.0 Å². The maximum atomic E-state index is 13.3. The molecule has 0 spiro atoms. The molecule has 0 saturated carbocycles. The highest BCUT2D eigenvalue weighted by Crippen LogP contribution is 2.34. The highest BCUT2D eigenvalue weighted by Gasteiger charge is 2.34. The Balaban J connectivity index is 1.74. The van der Waals surface area contributed by atoms with Gasteiger partial charge in [0.25, 0.3) is 0 Å². The first-order chi connectivity index (χ1) is 13.4. The number of furan rings is 1. The van der Waals surface area contributed by atoms with Crippen molar-refractivity contribution in [1.82, 2.24) is 29.8 Å². The predicted molar refractivity (Wildman–Crippen MR) is 92.3 cm³/mol. The molecule has 0 amide bonds. The largest absolute Gasteiger partial charge is 0.461 e. The molecule has 4 aromatic heterocycles. The van der Waals surface area contributed by atoms with Crippen molar-refractivity contribution in [1.29, 1.82) is 0 Å². The van der Waals surface area contributed by atoms with E-state index in [-0.39, 0.29) is 21.8 Å². The van der Waals surface area contributed by atoms with E-state index in [1.165, 1.54) is 30.8 Å². The average molecular weight is 405 g/mol.